The molecule has 0 saturated carbocycles. The summed E-state index contributed by atoms with van der Waals surface area (Å²) in [7, 11) is 1.54. The third kappa shape index (κ3) is 4.63. The van der Waals surface area contributed by atoms with E-state index in [0.29, 0.717) is 22.8 Å². The van der Waals surface area contributed by atoms with Crippen LogP contribution >= 0.6 is 0 Å². The van der Waals surface area contributed by atoms with Gasteiger partial charge in [-0.1, -0.05) is 18.2 Å². The Labute approximate surface area is 188 Å². The van der Waals surface area contributed by atoms with Crippen LogP contribution in [0.4, 0.5) is 18.9 Å². The number of carbonyl (C=O) groups is 1. The molecule has 9 heteroatoms. The number of hydrogen-bond donors (Lipinski definition) is 1. The number of amides is 1. The Morgan fingerprint density at radius 3 is 2.39 bits per heavy atom. The number of benzene rings is 2. The predicted octanol–water partition coefficient (Wildman–Crippen LogP) is 4.27. The summed E-state index contributed by atoms with van der Waals surface area (Å²) in [6, 6.07) is 15.7. The highest BCUT2D eigenvalue weighted by molar-refractivity contribution is 6.07. The molecule has 0 fully saturated rings. The van der Waals surface area contributed by atoms with Crippen LogP contribution in [0.25, 0.3) is 0 Å². The highest BCUT2D eigenvalue weighted by Gasteiger charge is 2.50. The lowest BCUT2D eigenvalue weighted by Gasteiger charge is -2.23. The van der Waals surface area contributed by atoms with Crippen molar-refractivity contribution in [2.45, 2.75) is 31.9 Å². The number of aryl methyl sites for hydroxylation is 1. The lowest BCUT2D eigenvalue weighted by atomic mass is 9.90. The van der Waals surface area contributed by atoms with Crippen molar-refractivity contribution in [1.82, 2.24) is 4.98 Å². The number of anilines is 1. The molecule has 4 rings (SSSR count). The summed E-state index contributed by atoms with van der Waals surface area (Å²) >= 11 is 0. The second kappa shape index (κ2) is 8.40. The fraction of sp³-hybridized carbons (Fsp3) is 0.250. The van der Waals surface area contributed by atoms with Gasteiger partial charge in [0.05, 0.1) is 19.3 Å². The Morgan fingerprint density at radius 2 is 1.76 bits per heavy atom. The number of aliphatic hydroxyl groups is 1. The molecule has 0 radical (unpaired) electrons. The normalized spacial score (nSPS) is 17.8. The lowest BCUT2D eigenvalue weighted by Crippen LogP contribution is -2.41. The number of alkyl halides is 3. The third-order valence-electron chi connectivity index (χ3n) is 5.42. The highest BCUT2D eigenvalue weighted by atomic mass is 19.4. The van der Waals surface area contributed by atoms with E-state index in [1.54, 1.807) is 49.4 Å². The molecule has 172 valence electrons. The summed E-state index contributed by atoms with van der Waals surface area (Å²) < 4.78 is 47.6. The fourth-order valence-corrected chi connectivity index (χ4v) is 3.93. The Morgan fingerprint density at radius 1 is 1.06 bits per heavy atom. The third-order valence-corrected chi connectivity index (χ3v) is 5.42. The Kier molecular flexibility index (Phi) is 5.75. The van der Waals surface area contributed by atoms with Crippen LogP contribution in [0.15, 0.2) is 60.7 Å². The van der Waals surface area contributed by atoms with E-state index in [2.05, 4.69) is 9.72 Å². The van der Waals surface area contributed by atoms with Crippen LogP contribution in [0.3, 0.4) is 0 Å². The monoisotopic (exact) mass is 458 g/mol. The van der Waals surface area contributed by atoms with Crippen LogP contribution in [0.2, 0.25) is 0 Å². The van der Waals surface area contributed by atoms with Crippen LogP contribution in [0.5, 0.6) is 11.5 Å². The van der Waals surface area contributed by atoms with Crippen molar-refractivity contribution in [3.63, 3.8) is 0 Å². The number of nitrogens with zero attached hydrogens (tertiary/aromatic N) is 2. The zero-order valence-electron chi connectivity index (χ0n) is 17.9. The second-order valence-electron chi connectivity index (χ2n) is 7.77. The quantitative estimate of drug-likeness (QED) is 0.597. The number of rotatable bonds is 6. The van der Waals surface area contributed by atoms with Gasteiger partial charge in [0.25, 0.3) is 5.91 Å². The first-order valence-electron chi connectivity index (χ1n) is 10.1. The van der Waals surface area contributed by atoms with Crippen LogP contribution < -0.4 is 14.4 Å². The molecule has 1 aliphatic heterocycles. The van der Waals surface area contributed by atoms with Gasteiger partial charge in [-0.05, 0) is 55.0 Å². The molecule has 3 aromatic rings. The van der Waals surface area contributed by atoms with E-state index < -0.39 is 23.6 Å². The van der Waals surface area contributed by atoms with Gasteiger partial charge in [0, 0.05) is 23.4 Å². The maximum Gasteiger partial charge on any atom is 0.573 e. The van der Waals surface area contributed by atoms with Crippen molar-refractivity contribution in [3.8, 4) is 11.5 Å². The zero-order chi connectivity index (χ0) is 23.8. The number of pyridine rings is 1. The van der Waals surface area contributed by atoms with Gasteiger partial charge in [0.2, 0.25) is 0 Å². The molecule has 0 aliphatic carbocycles. The molecule has 0 saturated heterocycles. The topological polar surface area (TPSA) is 71.9 Å². The standard InChI is InChI=1S/C24H21F3N2O4/c1-15-4-3-5-17(28-15)13-23(31)20-12-19(33-24(25,26)27)10-11-21(20)29(22(23)30)14-16-6-8-18(32-2)9-7-16/h3-12,31H,13-14H2,1-2H3. The first-order valence-corrected chi connectivity index (χ1v) is 10.1. The van der Waals surface area contributed by atoms with Crippen molar-refractivity contribution in [1.29, 1.82) is 0 Å². The van der Waals surface area contributed by atoms with Gasteiger partial charge < -0.3 is 19.5 Å². The van der Waals surface area contributed by atoms with E-state index in [1.807, 2.05) is 0 Å². The first kappa shape index (κ1) is 22.6. The highest BCUT2D eigenvalue weighted by Crippen LogP contribution is 2.45. The number of aromatic nitrogens is 1. The number of carbonyl (C=O) groups excluding carboxylic acids is 1. The average Bonchev–Trinajstić information content (AvgIpc) is 2.95. The maximum atomic E-state index is 13.5. The number of halogens is 3. The number of hydrogen-bond acceptors (Lipinski definition) is 5. The van der Waals surface area contributed by atoms with Gasteiger partial charge in [-0.15, -0.1) is 13.2 Å². The van der Waals surface area contributed by atoms with Crippen molar-refractivity contribution >= 4 is 11.6 Å². The van der Waals surface area contributed by atoms with Crippen molar-refractivity contribution < 1.29 is 32.5 Å². The Hall–Kier alpha value is -3.59. The molecule has 1 amide bonds. The minimum absolute atomic E-state index is 0.0334. The fourth-order valence-electron chi connectivity index (χ4n) is 3.93. The lowest BCUT2D eigenvalue weighted by molar-refractivity contribution is -0.274. The molecule has 0 bridgehead atoms. The van der Waals surface area contributed by atoms with Crippen molar-refractivity contribution in [2.24, 2.45) is 0 Å². The zero-order valence-corrected chi connectivity index (χ0v) is 17.9. The molecule has 1 aliphatic rings. The molecule has 2 heterocycles. The van der Waals surface area contributed by atoms with Crippen molar-refractivity contribution in [3.05, 3.63) is 83.2 Å². The largest absolute Gasteiger partial charge is 0.573 e. The summed E-state index contributed by atoms with van der Waals surface area (Å²) in [6.07, 6.45) is -5.11. The summed E-state index contributed by atoms with van der Waals surface area (Å²) in [5.41, 5.74) is 0.111. The summed E-state index contributed by atoms with van der Waals surface area (Å²) in [6.45, 7) is 1.88. The summed E-state index contributed by atoms with van der Waals surface area (Å²) in [4.78, 5) is 19.2. The van der Waals surface area contributed by atoms with E-state index in [0.717, 1.165) is 17.7 Å². The smallest absolute Gasteiger partial charge is 0.497 e. The molecule has 2 aromatic carbocycles. The van der Waals surface area contributed by atoms with E-state index in [1.165, 1.54) is 18.1 Å². The summed E-state index contributed by atoms with van der Waals surface area (Å²) in [5.74, 6) is -0.528. The number of ether oxygens (including phenoxy) is 2. The number of methoxy groups -OCH3 is 1. The van der Waals surface area contributed by atoms with Gasteiger partial charge >= 0.3 is 6.36 Å². The van der Waals surface area contributed by atoms with E-state index in [4.69, 9.17) is 4.74 Å². The number of fused-ring (bicyclic) bond motifs is 1. The SMILES string of the molecule is COc1ccc(CN2C(=O)C(O)(Cc3cccc(C)n3)c3cc(OC(F)(F)F)ccc32)cc1. The molecule has 1 atom stereocenters. The Balaban J connectivity index is 1.75. The van der Waals surface area contributed by atoms with E-state index in [9.17, 15) is 23.1 Å². The summed E-state index contributed by atoms with van der Waals surface area (Å²) in [5, 5.41) is 11.5. The van der Waals surface area contributed by atoms with Gasteiger partial charge in [-0.25, -0.2) is 0 Å². The van der Waals surface area contributed by atoms with Crippen LogP contribution in [-0.2, 0) is 23.4 Å². The first-order chi connectivity index (χ1) is 15.6. The minimum Gasteiger partial charge on any atom is -0.497 e. The van der Waals surface area contributed by atoms with Gasteiger partial charge in [0.1, 0.15) is 11.5 Å². The molecule has 33 heavy (non-hydrogen) atoms. The molecule has 1 unspecified atom stereocenters. The molecular weight excluding hydrogens is 437 g/mol. The van der Waals surface area contributed by atoms with E-state index in [-0.39, 0.29) is 18.5 Å². The molecule has 1 aromatic heterocycles. The Bertz CT molecular complexity index is 1180. The van der Waals surface area contributed by atoms with Crippen LogP contribution in [0.1, 0.15) is 22.5 Å². The van der Waals surface area contributed by atoms with Gasteiger partial charge in [-0.3, -0.25) is 9.78 Å². The maximum absolute atomic E-state index is 13.5. The van der Waals surface area contributed by atoms with Crippen LogP contribution in [-0.4, -0.2) is 29.5 Å². The van der Waals surface area contributed by atoms with E-state index >= 15 is 0 Å². The van der Waals surface area contributed by atoms with Crippen molar-refractivity contribution in [2.75, 3.05) is 12.0 Å². The average molecular weight is 458 g/mol. The molecular formula is C24H21F3N2O4. The van der Waals surface area contributed by atoms with Gasteiger partial charge in [0.15, 0.2) is 5.60 Å². The van der Waals surface area contributed by atoms with Gasteiger partial charge in [-0.2, -0.15) is 0 Å². The molecule has 6 nitrogen and oxygen atoms in total. The van der Waals surface area contributed by atoms with Crippen LogP contribution in [0, 0.1) is 6.92 Å². The predicted molar refractivity (Wildman–Crippen MR) is 114 cm³/mol. The minimum atomic E-state index is -4.91. The molecule has 1 N–H and O–H groups in total. The second-order valence-corrected chi connectivity index (χ2v) is 7.77. The molecule has 0 spiro atoms.